The molecular weight excluding hydrogens is 585 g/mol. The van der Waals surface area contributed by atoms with Gasteiger partial charge in [0.1, 0.15) is 17.2 Å². The normalized spacial score (nSPS) is 15.6. The van der Waals surface area contributed by atoms with E-state index in [1.165, 1.54) is 12.1 Å². The molecule has 0 aromatic heterocycles. The minimum Gasteiger partial charge on any atom is -0.458 e. The van der Waals surface area contributed by atoms with Gasteiger partial charge in [-0.15, -0.1) is 0 Å². The first-order valence-electron chi connectivity index (χ1n) is 11.1. The Hall–Kier alpha value is -2.19. The van der Waals surface area contributed by atoms with Crippen molar-refractivity contribution >= 4 is 44.2 Å². The smallest absolute Gasteiger partial charge is 0.421 e. The molecule has 37 heavy (non-hydrogen) atoms. The van der Waals surface area contributed by atoms with Crippen molar-refractivity contribution in [2.75, 3.05) is 5.75 Å². The summed E-state index contributed by atoms with van der Waals surface area (Å²) in [5, 5.41) is 12.7. The molecule has 210 valence electrons. The average molecular weight is 617 g/mol. The Morgan fingerprint density at radius 1 is 1.05 bits per heavy atom. The van der Waals surface area contributed by atoms with Crippen LogP contribution in [0.3, 0.4) is 0 Å². The second-order valence-electron chi connectivity index (χ2n) is 10.2. The molecule has 0 aliphatic carbocycles. The van der Waals surface area contributed by atoms with Crippen molar-refractivity contribution in [3.63, 3.8) is 0 Å². The lowest BCUT2D eigenvalue weighted by atomic mass is 9.90. The molecular formula is C23H32BrF3N2O7S. The van der Waals surface area contributed by atoms with Crippen LogP contribution < -0.4 is 5.32 Å². The summed E-state index contributed by atoms with van der Waals surface area (Å²) < 4.78 is 79.9. The molecule has 2 N–H and O–H groups in total. The molecule has 0 heterocycles. The number of nitrogens with zero attached hydrogens (tertiary/aromatic N) is 1. The zero-order valence-electron chi connectivity index (χ0n) is 21.3. The number of hydrogen-bond donors (Lipinski definition) is 2. The molecule has 1 aromatic rings. The maximum Gasteiger partial charge on any atom is 0.421 e. The summed E-state index contributed by atoms with van der Waals surface area (Å²) in [6, 6.07) is 3.24. The van der Waals surface area contributed by atoms with Gasteiger partial charge in [0.15, 0.2) is 5.60 Å². The van der Waals surface area contributed by atoms with Gasteiger partial charge >= 0.3 is 18.2 Å². The van der Waals surface area contributed by atoms with Crippen molar-refractivity contribution in [3.05, 3.63) is 34.3 Å². The third-order valence-electron chi connectivity index (χ3n) is 4.47. The highest BCUT2D eigenvalue weighted by atomic mass is 79.9. The van der Waals surface area contributed by atoms with Gasteiger partial charge < -0.3 is 19.9 Å². The third-order valence-corrected chi connectivity index (χ3v) is 6.19. The van der Waals surface area contributed by atoms with E-state index in [2.05, 4.69) is 25.6 Å². The van der Waals surface area contributed by atoms with Crippen LogP contribution in [0.5, 0.6) is 0 Å². The Kier molecular flexibility index (Phi) is 10.8. The minimum absolute atomic E-state index is 0.455. The summed E-state index contributed by atoms with van der Waals surface area (Å²) in [5.74, 6) is -2.05. The molecule has 0 saturated heterocycles. The highest BCUT2D eigenvalue weighted by molar-refractivity contribution is 9.10. The fourth-order valence-corrected chi connectivity index (χ4v) is 4.04. The highest BCUT2D eigenvalue weighted by Crippen LogP contribution is 2.42. The second-order valence-corrected chi connectivity index (χ2v) is 12.9. The Balaban J connectivity index is 3.03. The monoisotopic (exact) mass is 616 g/mol. The zero-order chi connectivity index (χ0) is 28.9. The van der Waals surface area contributed by atoms with Gasteiger partial charge in [-0.05, 0) is 59.2 Å². The molecule has 2 atom stereocenters. The fraction of sp³-hybridized carbons (Fsp3) is 0.609. The van der Waals surface area contributed by atoms with E-state index in [1.54, 1.807) is 41.5 Å². The number of carbonyl (C=O) groups is 2. The third kappa shape index (κ3) is 11.4. The van der Waals surface area contributed by atoms with Gasteiger partial charge in [-0.2, -0.15) is 17.6 Å². The van der Waals surface area contributed by atoms with Crippen LogP contribution in [0.2, 0.25) is 0 Å². The van der Waals surface area contributed by atoms with E-state index in [9.17, 15) is 36.3 Å². The number of hydrogen-bond acceptors (Lipinski definition) is 7. The molecule has 1 aromatic carbocycles. The Labute approximate surface area is 223 Å². The van der Waals surface area contributed by atoms with Gasteiger partial charge in [-0.25, -0.2) is 18.0 Å². The van der Waals surface area contributed by atoms with E-state index < -0.39 is 75.3 Å². The zero-order valence-corrected chi connectivity index (χ0v) is 23.8. The number of aliphatic hydroxyl groups is 1. The van der Waals surface area contributed by atoms with E-state index in [0.29, 0.717) is 4.47 Å². The Morgan fingerprint density at radius 3 is 2.03 bits per heavy atom. The summed E-state index contributed by atoms with van der Waals surface area (Å²) in [6.45, 7) is 9.54. The van der Waals surface area contributed by atoms with Gasteiger partial charge in [0, 0.05) is 23.5 Å². The number of alkyl carbamates (subject to hydrolysis) is 1. The van der Waals surface area contributed by atoms with Crippen LogP contribution in [0, 0.1) is 0 Å². The largest absolute Gasteiger partial charge is 0.458 e. The maximum absolute atomic E-state index is 13.7. The second kappa shape index (κ2) is 12.1. The molecule has 0 fully saturated rings. The number of nitrogens with one attached hydrogen (secondary N) is 1. The molecule has 0 bridgehead atoms. The average Bonchev–Trinajstić information content (AvgIpc) is 2.68. The topological polar surface area (TPSA) is 131 Å². The summed E-state index contributed by atoms with van der Waals surface area (Å²) in [4.78, 5) is 24.6. The van der Waals surface area contributed by atoms with Crippen molar-refractivity contribution in [1.29, 1.82) is 0 Å². The lowest BCUT2D eigenvalue weighted by Gasteiger charge is -2.30. The first-order valence-corrected chi connectivity index (χ1v) is 13.5. The molecule has 0 aliphatic heterocycles. The van der Waals surface area contributed by atoms with Gasteiger partial charge in [0.05, 0.1) is 5.75 Å². The Bertz CT molecular complexity index is 1080. The number of halogens is 4. The molecule has 14 heteroatoms. The van der Waals surface area contributed by atoms with E-state index in [1.807, 2.05) is 0 Å². The number of sulfonamides is 1. The predicted molar refractivity (Wildman–Crippen MR) is 135 cm³/mol. The van der Waals surface area contributed by atoms with Crippen molar-refractivity contribution in [1.82, 2.24) is 5.32 Å². The number of ether oxygens (including phenoxy) is 2. The quantitative estimate of drug-likeness (QED) is 0.306. The lowest BCUT2D eigenvalue weighted by molar-refractivity contribution is -0.267. The summed E-state index contributed by atoms with van der Waals surface area (Å²) in [6.07, 6.45) is -7.04. The molecule has 0 spiro atoms. The Morgan fingerprint density at radius 2 is 1.57 bits per heavy atom. The molecule has 1 amide bonds. The highest BCUT2D eigenvalue weighted by Gasteiger charge is 2.55. The molecule has 9 nitrogen and oxygen atoms in total. The summed E-state index contributed by atoms with van der Waals surface area (Å²) in [5.41, 5.74) is -5.78. The van der Waals surface area contributed by atoms with Crippen LogP contribution in [0.15, 0.2) is 33.1 Å². The van der Waals surface area contributed by atoms with Crippen molar-refractivity contribution in [2.45, 2.75) is 83.4 Å². The van der Waals surface area contributed by atoms with Crippen LogP contribution in [0.25, 0.3) is 0 Å². The van der Waals surface area contributed by atoms with Gasteiger partial charge in [-0.3, -0.25) is 0 Å². The molecule has 0 radical (unpaired) electrons. The number of carbonyl (C=O) groups excluding carboxylic acids is 2. The summed E-state index contributed by atoms with van der Waals surface area (Å²) in [7, 11) is -4.50. The van der Waals surface area contributed by atoms with Crippen LogP contribution >= 0.6 is 15.9 Å². The van der Waals surface area contributed by atoms with Crippen molar-refractivity contribution < 1.29 is 45.8 Å². The fourth-order valence-electron chi connectivity index (χ4n) is 2.80. The SMILES string of the molecule is CC(C)(C)OC(=O)N[C@@H](CC=NS(=O)(=O)CCC(O)(c1ccc(Br)cc1)C(F)(F)F)C(=O)OC(C)(C)C. The standard InChI is InChI=1S/C23H32BrF3N2O7S/c1-20(2,3)35-18(30)17(29-19(31)36-21(4,5)6)11-13-28-37(33,34)14-12-22(32,23(25,26)27)15-7-9-16(24)10-8-15/h7-10,13,17,32H,11-12,14H2,1-6H3,(H,29,31)/t17-,22?/m0/s1. The number of esters is 1. The van der Waals surface area contributed by atoms with Gasteiger partial charge in [-0.1, -0.05) is 28.1 Å². The number of alkyl halides is 3. The van der Waals surface area contributed by atoms with E-state index in [-0.39, 0.29) is 0 Å². The van der Waals surface area contributed by atoms with Crippen LogP contribution in [-0.4, -0.2) is 61.0 Å². The number of amides is 1. The van der Waals surface area contributed by atoms with Crippen molar-refractivity contribution in [3.8, 4) is 0 Å². The van der Waals surface area contributed by atoms with Crippen LogP contribution in [-0.2, 0) is 29.9 Å². The van der Waals surface area contributed by atoms with E-state index in [4.69, 9.17) is 9.47 Å². The maximum atomic E-state index is 13.7. The molecule has 0 aliphatic rings. The first kappa shape index (κ1) is 32.8. The predicted octanol–water partition coefficient (Wildman–Crippen LogP) is 4.61. The molecule has 0 saturated carbocycles. The molecule has 1 unspecified atom stereocenters. The number of benzene rings is 1. The summed E-state index contributed by atoms with van der Waals surface area (Å²) >= 11 is 3.08. The van der Waals surface area contributed by atoms with Crippen molar-refractivity contribution in [2.24, 2.45) is 4.40 Å². The minimum atomic E-state index is -5.17. The number of rotatable bonds is 9. The van der Waals surface area contributed by atoms with Crippen LogP contribution in [0.4, 0.5) is 18.0 Å². The van der Waals surface area contributed by atoms with Gasteiger partial charge in [0.25, 0.3) is 10.0 Å². The van der Waals surface area contributed by atoms with Crippen LogP contribution in [0.1, 0.15) is 59.9 Å². The van der Waals surface area contributed by atoms with E-state index >= 15 is 0 Å². The van der Waals surface area contributed by atoms with Gasteiger partial charge in [0.2, 0.25) is 0 Å². The molecule has 1 rings (SSSR count). The first-order chi connectivity index (χ1) is 16.5. The van der Waals surface area contributed by atoms with E-state index in [0.717, 1.165) is 18.3 Å². The lowest BCUT2D eigenvalue weighted by Crippen LogP contribution is -2.46.